The quantitative estimate of drug-likeness (QED) is 0.748. The number of anilines is 2. The van der Waals surface area contributed by atoms with Gasteiger partial charge < -0.3 is 29.0 Å². The van der Waals surface area contributed by atoms with E-state index in [9.17, 15) is 4.79 Å². The van der Waals surface area contributed by atoms with Gasteiger partial charge in [-0.3, -0.25) is 4.79 Å². The SMILES string of the molecule is CN1CCN(c2nc3cc(NC(=O)c4ccc5c(c4)OCO5)ccc3o2)CC1. The van der Waals surface area contributed by atoms with E-state index in [1.165, 1.54) is 0 Å². The molecule has 5 rings (SSSR count). The molecule has 0 aliphatic carbocycles. The summed E-state index contributed by atoms with van der Waals surface area (Å²) in [5, 5.41) is 2.90. The standard InChI is InChI=1S/C20H20N4O4/c1-23-6-8-24(9-7-23)20-22-15-11-14(3-5-16(15)28-20)21-19(25)13-2-4-17-18(10-13)27-12-26-17/h2-5,10-11H,6-9,12H2,1H3,(H,21,25). The number of amides is 1. The molecule has 144 valence electrons. The zero-order chi connectivity index (χ0) is 19.1. The molecule has 2 aromatic carbocycles. The van der Waals surface area contributed by atoms with E-state index < -0.39 is 0 Å². The number of hydrogen-bond donors (Lipinski definition) is 1. The summed E-state index contributed by atoms with van der Waals surface area (Å²) in [6, 6.07) is 11.2. The first-order chi connectivity index (χ1) is 13.7. The van der Waals surface area contributed by atoms with Gasteiger partial charge in [-0.2, -0.15) is 4.98 Å². The number of aromatic nitrogens is 1. The molecular weight excluding hydrogens is 360 g/mol. The number of carbonyl (C=O) groups excluding carboxylic acids is 1. The number of likely N-dealkylation sites (N-methyl/N-ethyl adjacent to an activating group) is 1. The van der Waals surface area contributed by atoms with Crippen LogP contribution in [0.25, 0.3) is 11.1 Å². The van der Waals surface area contributed by atoms with Crippen LogP contribution in [0.1, 0.15) is 10.4 Å². The number of fused-ring (bicyclic) bond motifs is 2. The first kappa shape index (κ1) is 16.9. The van der Waals surface area contributed by atoms with Crippen LogP contribution < -0.4 is 19.7 Å². The monoisotopic (exact) mass is 380 g/mol. The molecular formula is C20H20N4O4. The van der Waals surface area contributed by atoms with Crippen molar-refractivity contribution in [2.75, 3.05) is 50.2 Å². The topological polar surface area (TPSA) is 80.1 Å². The van der Waals surface area contributed by atoms with Gasteiger partial charge in [-0.15, -0.1) is 0 Å². The van der Waals surface area contributed by atoms with Gasteiger partial charge >= 0.3 is 0 Å². The van der Waals surface area contributed by atoms with Gasteiger partial charge in [0.15, 0.2) is 17.1 Å². The number of hydrogen-bond acceptors (Lipinski definition) is 7. The highest BCUT2D eigenvalue weighted by Gasteiger charge is 2.20. The van der Waals surface area contributed by atoms with E-state index in [0.717, 1.165) is 31.7 Å². The van der Waals surface area contributed by atoms with Crippen molar-refractivity contribution in [1.82, 2.24) is 9.88 Å². The highest BCUT2D eigenvalue weighted by molar-refractivity contribution is 6.05. The molecule has 0 radical (unpaired) electrons. The Balaban J connectivity index is 1.34. The second-order valence-electron chi connectivity index (χ2n) is 6.99. The summed E-state index contributed by atoms with van der Waals surface area (Å²) in [5.74, 6) is 1.01. The third-order valence-corrected chi connectivity index (χ3v) is 5.04. The maximum Gasteiger partial charge on any atom is 0.298 e. The van der Waals surface area contributed by atoms with E-state index >= 15 is 0 Å². The number of ether oxygens (including phenoxy) is 2. The van der Waals surface area contributed by atoms with Crippen molar-refractivity contribution in [3.05, 3.63) is 42.0 Å². The Kier molecular flexibility index (Phi) is 4.05. The predicted molar refractivity (Wildman–Crippen MR) is 104 cm³/mol. The van der Waals surface area contributed by atoms with Crippen LogP contribution in [-0.4, -0.2) is 55.8 Å². The average Bonchev–Trinajstić information content (AvgIpc) is 3.34. The summed E-state index contributed by atoms with van der Waals surface area (Å²) < 4.78 is 16.5. The maximum atomic E-state index is 12.6. The van der Waals surface area contributed by atoms with Gasteiger partial charge in [0.05, 0.1) is 0 Å². The molecule has 0 spiro atoms. The Morgan fingerprint density at radius 3 is 2.71 bits per heavy atom. The van der Waals surface area contributed by atoms with E-state index in [-0.39, 0.29) is 12.7 Å². The largest absolute Gasteiger partial charge is 0.454 e. The second kappa shape index (κ2) is 6.72. The lowest BCUT2D eigenvalue weighted by atomic mass is 10.2. The summed E-state index contributed by atoms with van der Waals surface area (Å²) in [5.41, 5.74) is 2.59. The van der Waals surface area contributed by atoms with Crippen LogP contribution in [0, 0.1) is 0 Å². The molecule has 8 heteroatoms. The minimum Gasteiger partial charge on any atom is -0.454 e. The summed E-state index contributed by atoms with van der Waals surface area (Å²) in [4.78, 5) is 21.6. The van der Waals surface area contributed by atoms with Gasteiger partial charge in [-0.05, 0) is 43.4 Å². The van der Waals surface area contributed by atoms with Gasteiger partial charge in [-0.1, -0.05) is 0 Å². The van der Waals surface area contributed by atoms with Crippen molar-refractivity contribution in [2.45, 2.75) is 0 Å². The lowest BCUT2D eigenvalue weighted by Crippen LogP contribution is -2.44. The molecule has 0 saturated carbocycles. The lowest BCUT2D eigenvalue weighted by Gasteiger charge is -2.31. The normalized spacial score (nSPS) is 16.5. The van der Waals surface area contributed by atoms with Crippen LogP contribution in [0.2, 0.25) is 0 Å². The molecule has 8 nitrogen and oxygen atoms in total. The third-order valence-electron chi connectivity index (χ3n) is 5.04. The summed E-state index contributed by atoms with van der Waals surface area (Å²) in [7, 11) is 2.11. The molecule has 28 heavy (non-hydrogen) atoms. The van der Waals surface area contributed by atoms with E-state index in [2.05, 4.69) is 27.1 Å². The van der Waals surface area contributed by atoms with Crippen LogP contribution in [0.4, 0.5) is 11.7 Å². The van der Waals surface area contributed by atoms with Crippen molar-refractivity contribution in [3.63, 3.8) is 0 Å². The van der Waals surface area contributed by atoms with Crippen molar-refractivity contribution in [3.8, 4) is 11.5 Å². The van der Waals surface area contributed by atoms with Gasteiger partial charge in [0.2, 0.25) is 6.79 Å². The zero-order valence-corrected chi connectivity index (χ0v) is 15.5. The van der Waals surface area contributed by atoms with Crippen LogP contribution >= 0.6 is 0 Å². The Hall–Kier alpha value is -3.26. The van der Waals surface area contributed by atoms with E-state index in [4.69, 9.17) is 13.9 Å². The van der Waals surface area contributed by atoms with Crippen molar-refractivity contribution in [2.24, 2.45) is 0 Å². The first-order valence-electron chi connectivity index (χ1n) is 9.21. The molecule has 3 aromatic rings. The third kappa shape index (κ3) is 3.11. The molecule has 0 unspecified atom stereocenters. The molecule has 1 N–H and O–H groups in total. The molecule has 1 amide bonds. The molecule has 0 bridgehead atoms. The second-order valence-corrected chi connectivity index (χ2v) is 6.99. The summed E-state index contributed by atoms with van der Waals surface area (Å²) in [6.45, 7) is 3.91. The van der Waals surface area contributed by atoms with E-state index in [1.807, 2.05) is 18.2 Å². The summed E-state index contributed by atoms with van der Waals surface area (Å²) in [6.07, 6.45) is 0. The number of nitrogens with zero attached hydrogens (tertiary/aromatic N) is 3. The van der Waals surface area contributed by atoms with Gasteiger partial charge in [-0.25, -0.2) is 0 Å². The fraction of sp³-hybridized carbons (Fsp3) is 0.300. The van der Waals surface area contributed by atoms with Crippen LogP contribution in [0.5, 0.6) is 11.5 Å². The van der Waals surface area contributed by atoms with Gasteiger partial charge in [0.1, 0.15) is 5.52 Å². The van der Waals surface area contributed by atoms with E-state index in [1.54, 1.807) is 18.2 Å². The van der Waals surface area contributed by atoms with Crippen LogP contribution in [-0.2, 0) is 0 Å². The minimum absolute atomic E-state index is 0.179. The smallest absolute Gasteiger partial charge is 0.298 e. The number of carbonyl (C=O) groups is 1. The van der Waals surface area contributed by atoms with Crippen LogP contribution in [0.3, 0.4) is 0 Å². The fourth-order valence-electron chi connectivity index (χ4n) is 3.37. The first-order valence-corrected chi connectivity index (χ1v) is 9.21. The van der Waals surface area contributed by atoms with Crippen molar-refractivity contribution < 1.29 is 18.7 Å². The zero-order valence-electron chi connectivity index (χ0n) is 15.5. The number of nitrogens with one attached hydrogen (secondary N) is 1. The number of piperazine rings is 1. The fourth-order valence-corrected chi connectivity index (χ4v) is 3.37. The van der Waals surface area contributed by atoms with E-state index in [0.29, 0.717) is 34.3 Å². The highest BCUT2D eigenvalue weighted by Crippen LogP contribution is 2.33. The molecule has 1 aromatic heterocycles. The summed E-state index contributed by atoms with van der Waals surface area (Å²) >= 11 is 0. The molecule has 1 saturated heterocycles. The van der Waals surface area contributed by atoms with Crippen LogP contribution in [0.15, 0.2) is 40.8 Å². The minimum atomic E-state index is -0.222. The maximum absolute atomic E-state index is 12.6. The molecule has 2 aliphatic rings. The lowest BCUT2D eigenvalue weighted by molar-refractivity contribution is 0.102. The van der Waals surface area contributed by atoms with Gasteiger partial charge in [0.25, 0.3) is 11.9 Å². The molecule has 3 heterocycles. The van der Waals surface area contributed by atoms with Gasteiger partial charge in [0, 0.05) is 37.4 Å². The Bertz CT molecular complexity index is 1040. The Labute approximate surface area is 161 Å². The Morgan fingerprint density at radius 2 is 1.86 bits per heavy atom. The number of rotatable bonds is 3. The van der Waals surface area contributed by atoms with Crippen molar-refractivity contribution in [1.29, 1.82) is 0 Å². The van der Waals surface area contributed by atoms with Crippen molar-refractivity contribution >= 4 is 28.7 Å². The Morgan fingerprint density at radius 1 is 1.04 bits per heavy atom. The predicted octanol–water partition coefficient (Wildman–Crippen LogP) is 2.56. The molecule has 1 fully saturated rings. The highest BCUT2D eigenvalue weighted by atomic mass is 16.7. The molecule has 0 atom stereocenters. The number of benzene rings is 2. The average molecular weight is 380 g/mol. The number of oxazole rings is 1. The molecule has 2 aliphatic heterocycles.